The number of nitrogens with zero attached hydrogens (tertiary/aromatic N) is 2. The highest BCUT2D eigenvalue weighted by atomic mass is 35.5. The molecule has 7 heteroatoms. The summed E-state index contributed by atoms with van der Waals surface area (Å²) in [5.41, 5.74) is 0.916. The van der Waals surface area contributed by atoms with Crippen LogP contribution in [0.5, 0.6) is 0 Å². The minimum Gasteiger partial charge on any atom is -0.265 e. The second-order valence-corrected chi connectivity index (χ2v) is 7.74. The highest BCUT2D eigenvalue weighted by Gasteiger charge is 2.24. The maximum absolute atomic E-state index is 12.6. The summed E-state index contributed by atoms with van der Waals surface area (Å²) in [5.74, 6) is 0.330. The number of sulfonamides is 1. The van der Waals surface area contributed by atoms with E-state index in [-0.39, 0.29) is 0 Å². The third-order valence-electron chi connectivity index (χ3n) is 2.82. The fourth-order valence-corrected chi connectivity index (χ4v) is 4.80. The first-order valence-corrected chi connectivity index (χ1v) is 8.90. The Hall–Kier alpha value is -0.950. The molecule has 0 fully saturated rings. The number of hydrogen-bond acceptors (Lipinski definition) is 4. The molecule has 2 rings (SSSR count). The molecule has 0 aliphatic heterocycles. The molecule has 0 saturated heterocycles. The van der Waals surface area contributed by atoms with Crippen molar-refractivity contribution < 1.29 is 8.42 Å². The second kappa shape index (κ2) is 6.67. The van der Waals surface area contributed by atoms with E-state index in [4.69, 9.17) is 11.6 Å². The molecule has 0 N–H and O–H groups in total. The minimum atomic E-state index is -3.47. The fraction of sp³-hybridized carbons (Fsp3) is 0.308. The van der Waals surface area contributed by atoms with Gasteiger partial charge in [-0.05, 0) is 29.8 Å². The van der Waals surface area contributed by atoms with Crippen LogP contribution in [0, 0.1) is 0 Å². The molecule has 2 aromatic heterocycles. The summed E-state index contributed by atoms with van der Waals surface area (Å²) in [6, 6.07) is 7.01. The van der Waals surface area contributed by atoms with E-state index in [1.807, 2.05) is 19.1 Å². The van der Waals surface area contributed by atoms with Gasteiger partial charge < -0.3 is 0 Å². The summed E-state index contributed by atoms with van der Waals surface area (Å²) in [4.78, 5) is 4.78. The zero-order valence-corrected chi connectivity index (χ0v) is 13.4. The van der Waals surface area contributed by atoms with Gasteiger partial charge in [0.15, 0.2) is 0 Å². The Bertz CT molecular complexity index is 656. The van der Waals surface area contributed by atoms with Gasteiger partial charge in [-0.25, -0.2) is 8.42 Å². The predicted molar refractivity (Wildman–Crippen MR) is 81.4 cm³/mol. The van der Waals surface area contributed by atoms with Gasteiger partial charge in [0, 0.05) is 30.4 Å². The first-order valence-electron chi connectivity index (χ1n) is 6.11. The third-order valence-corrected chi connectivity index (χ3v) is 6.74. The Balaban J connectivity index is 2.25. The number of pyridine rings is 1. The summed E-state index contributed by atoms with van der Waals surface area (Å²) >= 11 is 6.95. The van der Waals surface area contributed by atoms with Crippen LogP contribution in [0.25, 0.3) is 0 Å². The molecule has 0 amide bonds. The summed E-state index contributed by atoms with van der Waals surface area (Å²) in [5, 5.41) is 0. The number of rotatable bonds is 6. The van der Waals surface area contributed by atoms with Crippen LogP contribution in [0.1, 0.15) is 17.4 Å². The number of thiophene rings is 1. The van der Waals surface area contributed by atoms with Crippen LogP contribution >= 0.6 is 22.9 Å². The zero-order valence-electron chi connectivity index (χ0n) is 11.0. The molecule has 20 heavy (non-hydrogen) atoms. The Morgan fingerprint density at radius 2 is 1.95 bits per heavy atom. The van der Waals surface area contributed by atoms with Crippen molar-refractivity contribution in [3.63, 3.8) is 0 Å². The molecule has 108 valence electrons. The van der Waals surface area contributed by atoms with Crippen molar-refractivity contribution in [3.05, 3.63) is 47.1 Å². The quantitative estimate of drug-likeness (QED) is 0.765. The van der Waals surface area contributed by atoms with Gasteiger partial charge in [-0.3, -0.25) is 4.98 Å². The molecule has 0 unspecified atom stereocenters. The number of alkyl halides is 1. The second-order valence-electron chi connectivity index (χ2n) is 4.14. The van der Waals surface area contributed by atoms with Crippen molar-refractivity contribution >= 4 is 33.0 Å². The molecule has 0 aliphatic carbocycles. The first kappa shape index (κ1) is 15.4. The van der Waals surface area contributed by atoms with Gasteiger partial charge in [0.25, 0.3) is 10.0 Å². The predicted octanol–water partition coefficient (Wildman–Crippen LogP) is 3.09. The topological polar surface area (TPSA) is 50.3 Å². The van der Waals surface area contributed by atoms with Crippen molar-refractivity contribution in [1.82, 2.24) is 9.29 Å². The molecule has 2 aromatic rings. The van der Waals surface area contributed by atoms with Crippen molar-refractivity contribution in [2.45, 2.75) is 23.6 Å². The summed E-state index contributed by atoms with van der Waals surface area (Å²) in [6.45, 7) is 2.59. The Kier molecular flexibility index (Phi) is 5.15. The standard InChI is InChI=1S/C13H15ClN2O2S2/c1-2-16(10-11-5-7-15-8-6-11)20(17,18)13-4-3-12(9-14)19-13/h3-8H,2,9-10H2,1H3. The molecule has 0 radical (unpaired) electrons. The van der Waals surface area contributed by atoms with Gasteiger partial charge in [-0.1, -0.05) is 6.92 Å². The van der Waals surface area contributed by atoms with E-state index in [9.17, 15) is 8.42 Å². The third kappa shape index (κ3) is 3.38. The fourth-order valence-electron chi connectivity index (χ4n) is 1.75. The molecular formula is C13H15ClN2O2S2. The highest BCUT2D eigenvalue weighted by molar-refractivity contribution is 7.91. The molecule has 0 aliphatic rings. The van der Waals surface area contributed by atoms with Crippen LogP contribution in [-0.2, 0) is 22.4 Å². The average molecular weight is 331 g/mol. The lowest BCUT2D eigenvalue weighted by Crippen LogP contribution is -2.29. The van der Waals surface area contributed by atoms with E-state index >= 15 is 0 Å². The van der Waals surface area contributed by atoms with Crippen molar-refractivity contribution in [2.75, 3.05) is 6.54 Å². The van der Waals surface area contributed by atoms with Crippen LogP contribution in [0.15, 0.2) is 40.9 Å². The van der Waals surface area contributed by atoms with E-state index in [1.165, 1.54) is 15.6 Å². The van der Waals surface area contributed by atoms with E-state index in [0.29, 0.717) is 23.2 Å². The monoisotopic (exact) mass is 330 g/mol. The van der Waals surface area contributed by atoms with Crippen LogP contribution < -0.4 is 0 Å². The van der Waals surface area contributed by atoms with E-state index < -0.39 is 10.0 Å². The lowest BCUT2D eigenvalue weighted by atomic mass is 10.3. The molecule has 0 spiro atoms. The van der Waals surface area contributed by atoms with Gasteiger partial charge >= 0.3 is 0 Å². The van der Waals surface area contributed by atoms with Gasteiger partial charge in [0.05, 0.1) is 5.88 Å². The van der Waals surface area contributed by atoms with Crippen molar-refractivity contribution in [3.8, 4) is 0 Å². The van der Waals surface area contributed by atoms with Crippen molar-refractivity contribution in [2.24, 2.45) is 0 Å². The summed E-state index contributed by atoms with van der Waals surface area (Å²) in [7, 11) is -3.47. The maximum atomic E-state index is 12.6. The first-order chi connectivity index (χ1) is 9.57. The van der Waals surface area contributed by atoms with Crippen LogP contribution in [-0.4, -0.2) is 24.3 Å². The average Bonchev–Trinajstić information content (AvgIpc) is 2.95. The highest BCUT2D eigenvalue weighted by Crippen LogP contribution is 2.26. The van der Waals surface area contributed by atoms with Crippen LogP contribution in [0.4, 0.5) is 0 Å². The number of hydrogen-bond donors (Lipinski definition) is 0. The maximum Gasteiger partial charge on any atom is 0.252 e. The number of halogens is 1. The Morgan fingerprint density at radius 1 is 1.25 bits per heavy atom. The largest absolute Gasteiger partial charge is 0.265 e. The molecular weight excluding hydrogens is 316 g/mol. The van der Waals surface area contributed by atoms with Crippen LogP contribution in [0.3, 0.4) is 0 Å². The minimum absolute atomic E-state index is 0.330. The molecule has 0 bridgehead atoms. The Morgan fingerprint density at radius 3 is 2.50 bits per heavy atom. The normalized spacial score (nSPS) is 11.9. The molecule has 2 heterocycles. The van der Waals surface area contributed by atoms with Gasteiger partial charge in [0.1, 0.15) is 4.21 Å². The Labute approximate surface area is 128 Å². The lowest BCUT2D eigenvalue weighted by Gasteiger charge is -2.19. The van der Waals surface area contributed by atoms with E-state index in [2.05, 4.69) is 4.98 Å². The number of aromatic nitrogens is 1. The molecule has 4 nitrogen and oxygen atoms in total. The summed E-state index contributed by atoms with van der Waals surface area (Å²) in [6.07, 6.45) is 3.32. The lowest BCUT2D eigenvalue weighted by molar-refractivity contribution is 0.424. The van der Waals surface area contributed by atoms with Crippen LogP contribution in [0.2, 0.25) is 0 Å². The smallest absolute Gasteiger partial charge is 0.252 e. The molecule has 0 atom stereocenters. The molecule has 0 saturated carbocycles. The molecule has 0 aromatic carbocycles. The van der Waals surface area contributed by atoms with Gasteiger partial charge in [0.2, 0.25) is 0 Å². The van der Waals surface area contributed by atoms with E-state index in [1.54, 1.807) is 24.5 Å². The SMILES string of the molecule is CCN(Cc1ccncc1)S(=O)(=O)c1ccc(CCl)s1. The van der Waals surface area contributed by atoms with Gasteiger partial charge in [-0.2, -0.15) is 4.31 Å². The van der Waals surface area contributed by atoms with E-state index in [0.717, 1.165) is 10.4 Å². The zero-order chi connectivity index (χ0) is 14.6. The summed E-state index contributed by atoms with van der Waals surface area (Å²) < 4.78 is 26.9. The van der Waals surface area contributed by atoms with Gasteiger partial charge in [-0.15, -0.1) is 22.9 Å². The van der Waals surface area contributed by atoms with Crippen molar-refractivity contribution in [1.29, 1.82) is 0 Å².